The molecule has 0 amide bonds. The van der Waals surface area contributed by atoms with Gasteiger partial charge in [0, 0.05) is 16.8 Å². The molecule has 5 aromatic carbocycles. The third kappa shape index (κ3) is 4.21. The van der Waals surface area contributed by atoms with Gasteiger partial charge >= 0.3 is 0 Å². The highest BCUT2D eigenvalue weighted by atomic mass is 16.6. The number of hydrogen-bond acceptors (Lipinski definition) is 3. The quantitative estimate of drug-likeness (QED) is 0.172. The van der Waals surface area contributed by atoms with Gasteiger partial charge in [-0.3, -0.25) is 0 Å². The van der Waals surface area contributed by atoms with Crippen LogP contribution in [0.4, 0.5) is 17.1 Å². The van der Waals surface area contributed by atoms with Crippen LogP contribution in [0.5, 0.6) is 5.75 Å². The Bertz CT molecular complexity index is 1780. The molecular formula is C37H29NO2. The van der Waals surface area contributed by atoms with E-state index in [1.54, 1.807) is 0 Å². The predicted octanol–water partition coefficient (Wildman–Crippen LogP) is 8.91. The molecule has 1 N–H and O–H groups in total. The maximum atomic E-state index is 9.67. The van der Waals surface area contributed by atoms with Crippen molar-refractivity contribution >= 4 is 33.4 Å². The highest BCUT2D eigenvalue weighted by molar-refractivity contribution is 6.08. The Morgan fingerprint density at radius 2 is 1.45 bits per heavy atom. The second-order valence-electron chi connectivity index (χ2n) is 10.2. The first kappa shape index (κ1) is 24.2. The maximum absolute atomic E-state index is 9.67. The number of benzene rings is 5. The highest BCUT2D eigenvalue weighted by Gasteiger charge is 2.23. The molecule has 194 valence electrons. The first-order valence-corrected chi connectivity index (χ1v) is 13.7. The van der Waals surface area contributed by atoms with Gasteiger partial charge in [-0.05, 0) is 100 Å². The summed E-state index contributed by atoms with van der Waals surface area (Å²) in [5.74, 6) is 0.599. The molecule has 0 saturated heterocycles. The van der Waals surface area contributed by atoms with E-state index in [2.05, 4.69) is 109 Å². The Balaban J connectivity index is 1.31. The van der Waals surface area contributed by atoms with Gasteiger partial charge in [-0.25, -0.2) is 0 Å². The summed E-state index contributed by atoms with van der Waals surface area (Å²) in [5, 5.41) is 12.3. The van der Waals surface area contributed by atoms with Crippen LogP contribution in [0.1, 0.15) is 16.7 Å². The fourth-order valence-corrected chi connectivity index (χ4v) is 5.92. The standard InChI is InChI=1S/C37H29NO2/c1-2-35(39)40-32-21-15-26(16-22-32)25-13-19-31(20-14-25)38(30-9-4-3-5-10-30)34-24-18-29-12-11-27-7-6-8-28-17-23-33(34)37(29)36(27)28/h2-7,9-11,13-24,35,39H,1,8,12H2. The number of aliphatic hydroxyl groups is 1. The average Bonchev–Trinajstić information content (AvgIpc) is 3.02. The van der Waals surface area contributed by atoms with Crippen molar-refractivity contribution in [3.8, 4) is 16.9 Å². The Kier molecular flexibility index (Phi) is 6.07. The summed E-state index contributed by atoms with van der Waals surface area (Å²) in [6.07, 6.45) is 9.21. The fraction of sp³-hybridized carbons (Fsp3) is 0.0811. The summed E-state index contributed by atoms with van der Waals surface area (Å²) in [6.45, 7) is 3.55. The van der Waals surface area contributed by atoms with Crippen LogP contribution in [0.15, 0.2) is 134 Å². The zero-order valence-electron chi connectivity index (χ0n) is 22.1. The van der Waals surface area contributed by atoms with Gasteiger partial charge in [0.25, 0.3) is 0 Å². The molecule has 2 aliphatic rings. The number of aliphatic hydroxyl groups excluding tert-OH is 1. The first-order chi connectivity index (χ1) is 19.7. The van der Waals surface area contributed by atoms with Crippen LogP contribution in [0, 0.1) is 0 Å². The van der Waals surface area contributed by atoms with Crippen molar-refractivity contribution in [2.45, 2.75) is 19.1 Å². The van der Waals surface area contributed by atoms with Gasteiger partial charge in [-0.15, -0.1) is 0 Å². The lowest BCUT2D eigenvalue weighted by molar-refractivity contribution is 0.0251. The highest BCUT2D eigenvalue weighted by Crippen LogP contribution is 2.45. The molecule has 0 aliphatic heterocycles. The molecule has 0 saturated carbocycles. The van der Waals surface area contributed by atoms with E-state index in [4.69, 9.17) is 4.74 Å². The zero-order chi connectivity index (χ0) is 27.1. The van der Waals surface area contributed by atoms with Crippen molar-refractivity contribution in [2.24, 2.45) is 0 Å². The Hall–Kier alpha value is -4.86. The normalized spacial score (nSPS) is 14.0. The summed E-state index contributed by atoms with van der Waals surface area (Å²) in [6, 6.07) is 36.2. The summed E-state index contributed by atoms with van der Waals surface area (Å²) in [7, 11) is 0. The van der Waals surface area contributed by atoms with Gasteiger partial charge in [0.05, 0.1) is 5.69 Å². The van der Waals surface area contributed by atoms with Crippen LogP contribution in [0.3, 0.4) is 0 Å². The van der Waals surface area contributed by atoms with Crippen LogP contribution in [0.25, 0.3) is 27.5 Å². The summed E-state index contributed by atoms with van der Waals surface area (Å²) >= 11 is 0. The van der Waals surface area contributed by atoms with Crippen molar-refractivity contribution in [3.63, 3.8) is 0 Å². The molecule has 3 nitrogen and oxygen atoms in total. The van der Waals surface area contributed by atoms with E-state index in [1.807, 2.05) is 24.3 Å². The van der Waals surface area contributed by atoms with E-state index in [0.29, 0.717) is 5.75 Å². The van der Waals surface area contributed by atoms with Gasteiger partial charge in [0.15, 0.2) is 0 Å². The lowest BCUT2D eigenvalue weighted by Gasteiger charge is -2.30. The Morgan fingerprint density at radius 1 is 0.750 bits per heavy atom. The van der Waals surface area contributed by atoms with Crippen molar-refractivity contribution in [2.75, 3.05) is 4.90 Å². The second-order valence-corrected chi connectivity index (χ2v) is 10.2. The number of allylic oxidation sites excluding steroid dienone is 4. The van der Waals surface area contributed by atoms with Gasteiger partial charge in [0.2, 0.25) is 6.29 Å². The van der Waals surface area contributed by atoms with Crippen LogP contribution in [0.2, 0.25) is 0 Å². The molecule has 2 aliphatic carbocycles. The van der Waals surface area contributed by atoms with E-state index in [1.165, 1.54) is 44.8 Å². The molecule has 0 fully saturated rings. The monoisotopic (exact) mass is 519 g/mol. The topological polar surface area (TPSA) is 32.7 Å². The third-order valence-corrected chi connectivity index (χ3v) is 7.82. The molecule has 0 bridgehead atoms. The minimum Gasteiger partial charge on any atom is -0.461 e. The van der Waals surface area contributed by atoms with Gasteiger partial charge < -0.3 is 14.7 Å². The lowest BCUT2D eigenvalue weighted by Crippen LogP contribution is -2.12. The molecule has 0 spiro atoms. The van der Waals surface area contributed by atoms with E-state index in [0.717, 1.165) is 35.3 Å². The molecule has 5 aromatic rings. The second kappa shape index (κ2) is 10.0. The van der Waals surface area contributed by atoms with E-state index in [9.17, 15) is 5.11 Å². The number of nitrogens with zero attached hydrogens (tertiary/aromatic N) is 1. The van der Waals surface area contributed by atoms with E-state index >= 15 is 0 Å². The first-order valence-electron chi connectivity index (χ1n) is 13.7. The minimum atomic E-state index is -1.02. The number of ether oxygens (including phenoxy) is 1. The van der Waals surface area contributed by atoms with Crippen LogP contribution < -0.4 is 9.64 Å². The molecule has 40 heavy (non-hydrogen) atoms. The van der Waals surface area contributed by atoms with Gasteiger partial charge in [-0.2, -0.15) is 0 Å². The summed E-state index contributed by atoms with van der Waals surface area (Å²) in [4.78, 5) is 2.36. The zero-order valence-corrected chi connectivity index (χ0v) is 22.1. The molecule has 0 radical (unpaired) electrons. The molecule has 0 heterocycles. The van der Waals surface area contributed by atoms with Gasteiger partial charge in [0.1, 0.15) is 5.75 Å². The van der Waals surface area contributed by atoms with Crippen molar-refractivity contribution in [3.05, 3.63) is 151 Å². The van der Waals surface area contributed by atoms with Crippen LogP contribution >= 0.6 is 0 Å². The minimum absolute atomic E-state index is 0.599. The Morgan fingerprint density at radius 3 is 2.20 bits per heavy atom. The number of para-hydroxylation sites is 1. The number of rotatable bonds is 7. The SMILES string of the molecule is C=CC(O)Oc1ccc(-c2ccc(N(c3ccccc3)c3ccc4c5c6c(ccc35)CC=CC6=CC4)cc2)cc1. The molecule has 0 aromatic heterocycles. The fourth-order valence-electron chi connectivity index (χ4n) is 5.92. The molecular weight excluding hydrogens is 490 g/mol. The van der Waals surface area contributed by atoms with E-state index < -0.39 is 6.29 Å². The van der Waals surface area contributed by atoms with Crippen LogP contribution in [-0.4, -0.2) is 11.4 Å². The predicted molar refractivity (Wildman–Crippen MR) is 165 cm³/mol. The van der Waals surface area contributed by atoms with Crippen LogP contribution in [-0.2, 0) is 12.8 Å². The smallest absolute Gasteiger partial charge is 0.216 e. The largest absolute Gasteiger partial charge is 0.461 e. The molecule has 3 heteroatoms. The van der Waals surface area contributed by atoms with Crippen molar-refractivity contribution in [1.82, 2.24) is 0 Å². The van der Waals surface area contributed by atoms with E-state index in [-0.39, 0.29) is 0 Å². The molecule has 1 atom stereocenters. The molecule has 1 unspecified atom stereocenters. The maximum Gasteiger partial charge on any atom is 0.216 e. The average molecular weight is 520 g/mol. The molecule has 7 rings (SSSR count). The van der Waals surface area contributed by atoms with Gasteiger partial charge in [-0.1, -0.05) is 85.5 Å². The number of anilines is 3. The number of hydrogen-bond donors (Lipinski definition) is 1. The summed E-state index contributed by atoms with van der Waals surface area (Å²) < 4.78 is 5.42. The third-order valence-electron chi connectivity index (χ3n) is 7.82. The lowest BCUT2D eigenvalue weighted by atomic mass is 9.81. The van der Waals surface area contributed by atoms with Crippen molar-refractivity contribution < 1.29 is 9.84 Å². The van der Waals surface area contributed by atoms with Crippen molar-refractivity contribution in [1.29, 1.82) is 0 Å². The Labute approximate surface area is 234 Å². The summed E-state index contributed by atoms with van der Waals surface area (Å²) in [5.41, 5.74) is 11.1.